The van der Waals surface area contributed by atoms with Gasteiger partial charge in [-0.05, 0) is 31.7 Å². The molecule has 2 amide bonds. The van der Waals surface area contributed by atoms with Crippen LogP contribution in [-0.4, -0.2) is 75.0 Å². The van der Waals surface area contributed by atoms with Crippen molar-refractivity contribution in [1.82, 2.24) is 9.80 Å². The molecule has 1 spiro atoms. The summed E-state index contributed by atoms with van der Waals surface area (Å²) in [4.78, 5) is 44.8. The number of fused-ring (bicyclic) bond motifs is 1. The maximum absolute atomic E-state index is 14.2. The van der Waals surface area contributed by atoms with Gasteiger partial charge in [-0.15, -0.1) is 18.3 Å². The van der Waals surface area contributed by atoms with Crippen molar-refractivity contribution in [3.05, 3.63) is 48.6 Å². The molecule has 8 heteroatoms. The molecule has 0 radical (unpaired) electrons. The van der Waals surface area contributed by atoms with E-state index in [2.05, 4.69) is 13.5 Å². The van der Waals surface area contributed by atoms with Crippen molar-refractivity contribution in [2.45, 2.75) is 61.6 Å². The number of aliphatic hydroxyl groups excluding tert-OH is 1. The number of esters is 1. The predicted octanol–water partition coefficient (Wildman–Crippen LogP) is 3.19. The van der Waals surface area contributed by atoms with Gasteiger partial charge < -0.3 is 19.6 Å². The molecule has 35 heavy (non-hydrogen) atoms. The molecule has 4 rings (SSSR count). The summed E-state index contributed by atoms with van der Waals surface area (Å²) >= 11 is 1.62. The molecule has 7 nitrogen and oxygen atoms in total. The number of amides is 2. The molecule has 1 N–H and O–H groups in total. The van der Waals surface area contributed by atoms with Gasteiger partial charge in [-0.2, -0.15) is 0 Å². The maximum Gasteiger partial charge on any atom is 0.310 e. The van der Waals surface area contributed by atoms with Gasteiger partial charge in [0.05, 0.1) is 35.8 Å². The van der Waals surface area contributed by atoms with Gasteiger partial charge >= 0.3 is 5.97 Å². The summed E-state index contributed by atoms with van der Waals surface area (Å²) in [6, 6.07) is 7.91. The third kappa shape index (κ3) is 4.29. The molecule has 6 atom stereocenters. The zero-order valence-electron chi connectivity index (χ0n) is 20.6. The van der Waals surface area contributed by atoms with Crippen molar-refractivity contribution in [2.24, 2.45) is 11.8 Å². The number of carbonyl (C=O) groups is 3. The predicted molar refractivity (Wildman–Crippen MR) is 136 cm³/mol. The highest BCUT2D eigenvalue weighted by Gasteiger charge is 2.74. The lowest BCUT2D eigenvalue weighted by molar-refractivity contribution is -0.154. The van der Waals surface area contributed by atoms with Crippen LogP contribution in [0.5, 0.6) is 0 Å². The van der Waals surface area contributed by atoms with Gasteiger partial charge in [0.15, 0.2) is 0 Å². The van der Waals surface area contributed by atoms with Crippen LogP contribution >= 0.6 is 11.8 Å². The Balaban J connectivity index is 1.81. The normalized spacial score (nSPS) is 29.7. The van der Waals surface area contributed by atoms with Crippen LogP contribution in [0.2, 0.25) is 0 Å². The van der Waals surface area contributed by atoms with Crippen LogP contribution in [0.25, 0.3) is 0 Å². The molecular weight excluding hydrogens is 464 g/mol. The number of benzene rings is 1. The van der Waals surface area contributed by atoms with Crippen LogP contribution in [0.1, 0.15) is 51.1 Å². The van der Waals surface area contributed by atoms with Crippen LogP contribution in [0.3, 0.4) is 0 Å². The summed E-state index contributed by atoms with van der Waals surface area (Å²) in [6.07, 6.45) is 4.95. The second kappa shape index (κ2) is 10.7. The molecule has 190 valence electrons. The topological polar surface area (TPSA) is 87.2 Å². The van der Waals surface area contributed by atoms with Crippen molar-refractivity contribution in [2.75, 3.05) is 26.3 Å². The van der Waals surface area contributed by atoms with E-state index in [9.17, 15) is 19.5 Å². The first kappa shape index (κ1) is 25.8. The zero-order chi connectivity index (χ0) is 25.2. The number of hydrogen-bond acceptors (Lipinski definition) is 6. The zero-order valence-corrected chi connectivity index (χ0v) is 21.4. The highest BCUT2D eigenvalue weighted by atomic mass is 32.2. The first-order valence-electron chi connectivity index (χ1n) is 12.7. The molecule has 3 heterocycles. The average molecular weight is 501 g/mol. The first-order valence-corrected chi connectivity index (χ1v) is 13.5. The molecule has 3 aliphatic rings. The van der Waals surface area contributed by atoms with E-state index in [1.807, 2.05) is 30.3 Å². The lowest BCUT2D eigenvalue weighted by Gasteiger charge is -2.39. The molecule has 3 aliphatic heterocycles. The lowest BCUT2D eigenvalue weighted by atomic mass is 9.71. The van der Waals surface area contributed by atoms with Gasteiger partial charge in [0.25, 0.3) is 0 Å². The molecule has 1 aromatic carbocycles. The van der Waals surface area contributed by atoms with Crippen LogP contribution in [0.15, 0.2) is 43.0 Å². The fraction of sp³-hybridized carbons (Fsp3) is 0.593. The van der Waals surface area contributed by atoms with Crippen molar-refractivity contribution in [3.8, 4) is 0 Å². The quantitative estimate of drug-likeness (QED) is 0.371. The van der Waals surface area contributed by atoms with Crippen LogP contribution in [0, 0.1) is 11.8 Å². The van der Waals surface area contributed by atoms with E-state index >= 15 is 0 Å². The molecule has 2 unspecified atom stereocenters. The standard InChI is InChI=1S/C27H36N2O5S/c1-4-7-16-28(15-5-2)25(32)23-27-14-13-20(35-27)21(26(33)34-6-3)22(27)24(31)29(23)19(17-30)18-11-9-8-10-12-18/h5,8-12,19-23,30H,2,4,6-7,13-17H2,1,3H3/t19-,20-,21+,22+,23?,27?/m1/s1. The number of aliphatic hydroxyl groups is 1. The Bertz CT molecular complexity index is 956. The Morgan fingerprint density at radius 3 is 2.71 bits per heavy atom. The van der Waals surface area contributed by atoms with Crippen molar-refractivity contribution in [3.63, 3.8) is 0 Å². The minimum atomic E-state index is -0.761. The monoisotopic (exact) mass is 500 g/mol. The lowest BCUT2D eigenvalue weighted by Crippen LogP contribution is -2.55. The molecule has 0 saturated carbocycles. The number of likely N-dealkylation sites (tertiary alicyclic amines) is 1. The number of ether oxygens (including phenoxy) is 1. The molecule has 3 saturated heterocycles. The summed E-state index contributed by atoms with van der Waals surface area (Å²) in [7, 11) is 0. The largest absolute Gasteiger partial charge is 0.466 e. The number of rotatable bonds is 11. The highest BCUT2D eigenvalue weighted by Crippen LogP contribution is 2.67. The summed E-state index contributed by atoms with van der Waals surface area (Å²) in [5, 5.41) is 10.5. The van der Waals surface area contributed by atoms with Gasteiger partial charge in [0.2, 0.25) is 11.8 Å². The Labute approximate surface area is 211 Å². The summed E-state index contributed by atoms with van der Waals surface area (Å²) in [5.74, 6) is -1.91. The molecule has 0 aromatic heterocycles. The Kier molecular flexibility index (Phi) is 7.91. The van der Waals surface area contributed by atoms with E-state index in [-0.39, 0.29) is 36.2 Å². The van der Waals surface area contributed by atoms with Gasteiger partial charge in [0.1, 0.15) is 6.04 Å². The molecule has 1 aromatic rings. The van der Waals surface area contributed by atoms with Crippen LogP contribution in [-0.2, 0) is 19.1 Å². The van der Waals surface area contributed by atoms with Crippen LogP contribution in [0.4, 0.5) is 0 Å². The minimum absolute atomic E-state index is 0.0340. The Morgan fingerprint density at radius 2 is 2.09 bits per heavy atom. The van der Waals surface area contributed by atoms with E-state index < -0.39 is 28.7 Å². The maximum atomic E-state index is 14.2. The third-order valence-electron chi connectivity index (χ3n) is 7.67. The number of thioether (sulfide) groups is 1. The molecule has 0 aliphatic carbocycles. The molecule has 3 fully saturated rings. The van der Waals surface area contributed by atoms with Gasteiger partial charge in [-0.3, -0.25) is 14.4 Å². The number of carbonyl (C=O) groups excluding carboxylic acids is 3. The van der Waals surface area contributed by atoms with Gasteiger partial charge in [-0.25, -0.2) is 0 Å². The fourth-order valence-corrected chi connectivity index (χ4v) is 8.40. The van der Waals surface area contributed by atoms with Gasteiger partial charge in [0, 0.05) is 18.3 Å². The van der Waals surface area contributed by atoms with Crippen molar-refractivity contribution >= 4 is 29.5 Å². The van der Waals surface area contributed by atoms with E-state index in [1.54, 1.807) is 34.6 Å². The van der Waals surface area contributed by atoms with E-state index in [0.29, 0.717) is 19.5 Å². The SMILES string of the molecule is C=CCN(CCCC)C(=O)C1N([C@H](CO)c2ccccc2)C(=O)[C@@H]2[C@@H](C(=O)OCC)[C@H]3CCC12S3. The number of unbranched alkanes of at least 4 members (excludes halogenated alkanes) is 1. The molecular formula is C27H36N2O5S. The Hall–Kier alpha value is -2.32. The Morgan fingerprint density at radius 1 is 1.34 bits per heavy atom. The number of nitrogens with zero attached hydrogens (tertiary/aromatic N) is 2. The van der Waals surface area contributed by atoms with E-state index in [0.717, 1.165) is 24.8 Å². The number of hydrogen-bond donors (Lipinski definition) is 1. The summed E-state index contributed by atoms with van der Waals surface area (Å²) < 4.78 is 4.69. The smallest absolute Gasteiger partial charge is 0.310 e. The fourth-order valence-electron chi connectivity index (χ4n) is 6.21. The summed E-state index contributed by atoms with van der Waals surface area (Å²) in [6.45, 7) is 8.59. The van der Waals surface area contributed by atoms with E-state index in [4.69, 9.17) is 4.74 Å². The van der Waals surface area contributed by atoms with Gasteiger partial charge in [-0.1, -0.05) is 49.8 Å². The second-order valence-corrected chi connectivity index (χ2v) is 11.2. The molecule has 2 bridgehead atoms. The third-order valence-corrected chi connectivity index (χ3v) is 9.62. The van der Waals surface area contributed by atoms with E-state index in [1.165, 1.54) is 0 Å². The van der Waals surface area contributed by atoms with Crippen molar-refractivity contribution < 1.29 is 24.2 Å². The highest BCUT2D eigenvalue weighted by molar-refractivity contribution is 8.02. The summed E-state index contributed by atoms with van der Waals surface area (Å²) in [5.41, 5.74) is 0.772. The second-order valence-electron chi connectivity index (χ2n) is 9.59. The van der Waals surface area contributed by atoms with Crippen molar-refractivity contribution in [1.29, 1.82) is 0 Å². The average Bonchev–Trinajstić information content (AvgIpc) is 3.50. The first-order chi connectivity index (χ1) is 16.9. The minimum Gasteiger partial charge on any atom is -0.466 e. The van der Waals surface area contributed by atoms with Crippen LogP contribution < -0.4 is 0 Å².